The molecule has 2 aliphatic heterocycles. The van der Waals surface area contributed by atoms with Gasteiger partial charge in [-0.05, 0) is 18.7 Å². The molecule has 2 aliphatic rings. The first-order valence-corrected chi connectivity index (χ1v) is 4.55. The van der Waals surface area contributed by atoms with Crippen LogP contribution in [-0.4, -0.2) is 30.6 Å². The molecule has 1 fully saturated rings. The maximum Gasteiger partial charge on any atom is 0.138 e. The fraction of sp³-hybridized carbons (Fsp3) is 0.455. The van der Waals surface area contributed by atoms with Crippen molar-refractivity contribution in [2.75, 3.05) is 20.1 Å². The molecule has 0 aromatic rings. The topological polar surface area (TPSA) is 12.5 Å². The standard InChI is InChI=1S/C11H15NO/c1-4-9-6-11(7-12(3)8-11)13-10(9)5-2/h4-5H,1-2,6-8H2,3H3. The van der Waals surface area contributed by atoms with Gasteiger partial charge in [-0.1, -0.05) is 19.2 Å². The average molecular weight is 177 g/mol. The monoisotopic (exact) mass is 177 g/mol. The lowest BCUT2D eigenvalue weighted by molar-refractivity contribution is -0.0854. The summed E-state index contributed by atoms with van der Waals surface area (Å²) in [6.45, 7) is 9.56. The minimum absolute atomic E-state index is 0.0434. The lowest BCUT2D eigenvalue weighted by Gasteiger charge is -2.45. The molecule has 0 N–H and O–H groups in total. The van der Waals surface area contributed by atoms with Crippen LogP contribution in [0.2, 0.25) is 0 Å². The van der Waals surface area contributed by atoms with Crippen LogP contribution < -0.4 is 0 Å². The molecule has 1 spiro atoms. The van der Waals surface area contributed by atoms with E-state index < -0.39 is 0 Å². The fourth-order valence-electron chi connectivity index (χ4n) is 2.23. The Kier molecular flexibility index (Phi) is 1.81. The van der Waals surface area contributed by atoms with E-state index in [4.69, 9.17) is 4.74 Å². The minimum atomic E-state index is 0.0434. The highest BCUT2D eigenvalue weighted by Crippen LogP contribution is 2.40. The molecule has 1 saturated heterocycles. The van der Waals surface area contributed by atoms with Crippen molar-refractivity contribution in [1.82, 2.24) is 4.90 Å². The Morgan fingerprint density at radius 2 is 2.08 bits per heavy atom. The summed E-state index contributed by atoms with van der Waals surface area (Å²) in [5, 5.41) is 0. The number of rotatable bonds is 2. The predicted molar refractivity (Wildman–Crippen MR) is 53.4 cm³/mol. The Morgan fingerprint density at radius 3 is 2.46 bits per heavy atom. The summed E-state index contributed by atoms with van der Waals surface area (Å²) in [5.41, 5.74) is 1.24. The van der Waals surface area contributed by atoms with Gasteiger partial charge in [-0.15, -0.1) is 0 Å². The molecule has 0 aromatic heterocycles. The van der Waals surface area contributed by atoms with Gasteiger partial charge in [0.25, 0.3) is 0 Å². The number of likely N-dealkylation sites (tertiary alicyclic amines) is 1. The summed E-state index contributed by atoms with van der Waals surface area (Å²) >= 11 is 0. The van der Waals surface area contributed by atoms with Crippen LogP contribution in [0.15, 0.2) is 36.6 Å². The summed E-state index contributed by atoms with van der Waals surface area (Å²) in [6.07, 6.45) is 4.65. The molecule has 0 unspecified atom stereocenters. The van der Waals surface area contributed by atoms with Crippen LogP contribution in [0.25, 0.3) is 0 Å². The molecule has 0 aliphatic carbocycles. The highest BCUT2D eigenvalue weighted by molar-refractivity contribution is 5.34. The first-order chi connectivity index (χ1) is 6.19. The van der Waals surface area contributed by atoms with Gasteiger partial charge in [0, 0.05) is 19.5 Å². The van der Waals surface area contributed by atoms with Gasteiger partial charge in [0.15, 0.2) is 0 Å². The number of nitrogens with zero attached hydrogens (tertiary/aromatic N) is 1. The Hall–Kier alpha value is -1.02. The molecule has 0 saturated carbocycles. The van der Waals surface area contributed by atoms with Crippen molar-refractivity contribution < 1.29 is 4.74 Å². The molecular weight excluding hydrogens is 162 g/mol. The second-order valence-electron chi connectivity index (χ2n) is 3.93. The SMILES string of the molecule is C=CC1=C(C=C)OC2(C1)CN(C)C2. The number of hydrogen-bond donors (Lipinski definition) is 0. The predicted octanol–water partition coefficient (Wildman–Crippen LogP) is 1.72. The summed E-state index contributed by atoms with van der Waals surface area (Å²) in [6, 6.07) is 0. The van der Waals surface area contributed by atoms with E-state index in [1.807, 2.05) is 6.08 Å². The minimum Gasteiger partial charge on any atom is -0.484 e. The van der Waals surface area contributed by atoms with Crippen LogP contribution in [0.5, 0.6) is 0 Å². The maximum atomic E-state index is 5.86. The molecule has 2 rings (SSSR count). The van der Waals surface area contributed by atoms with E-state index in [1.165, 1.54) is 5.57 Å². The van der Waals surface area contributed by atoms with Gasteiger partial charge >= 0.3 is 0 Å². The summed E-state index contributed by atoms with van der Waals surface area (Å²) in [5.74, 6) is 0.920. The Morgan fingerprint density at radius 1 is 1.38 bits per heavy atom. The highest BCUT2D eigenvalue weighted by atomic mass is 16.5. The third-order valence-electron chi connectivity index (χ3n) is 2.70. The van der Waals surface area contributed by atoms with Crippen molar-refractivity contribution in [1.29, 1.82) is 0 Å². The molecule has 2 nitrogen and oxygen atoms in total. The van der Waals surface area contributed by atoms with Crippen LogP contribution in [0.4, 0.5) is 0 Å². The molecule has 2 heteroatoms. The second-order valence-corrected chi connectivity index (χ2v) is 3.93. The normalized spacial score (nSPS) is 25.6. The van der Waals surface area contributed by atoms with Crippen molar-refractivity contribution >= 4 is 0 Å². The molecule has 0 amide bonds. The first-order valence-electron chi connectivity index (χ1n) is 4.55. The zero-order valence-corrected chi connectivity index (χ0v) is 8.05. The van der Waals surface area contributed by atoms with Gasteiger partial charge in [-0.2, -0.15) is 0 Å². The second kappa shape index (κ2) is 2.74. The van der Waals surface area contributed by atoms with Crippen molar-refractivity contribution in [2.24, 2.45) is 0 Å². The Labute approximate surface area is 79.2 Å². The van der Waals surface area contributed by atoms with Crippen LogP contribution in [0, 0.1) is 0 Å². The van der Waals surface area contributed by atoms with Gasteiger partial charge in [0.2, 0.25) is 0 Å². The Balaban J connectivity index is 2.13. The summed E-state index contributed by atoms with van der Waals surface area (Å²) in [4.78, 5) is 2.26. The lowest BCUT2D eigenvalue weighted by atomic mass is 9.89. The maximum absolute atomic E-state index is 5.86. The molecule has 0 aromatic carbocycles. The third-order valence-corrected chi connectivity index (χ3v) is 2.70. The van der Waals surface area contributed by atoms with Gasteiger partial charge in [-0.3, -0.25) is 4.90 Å². The van der Waals surface area contributed by atoms with Crippen LogP contribution in [0.1, 0.15) is 6.42 Å². The zero-order chi connectivity index (χ0) is 9.47. The largest absolute Gasteiger partial charge is 0.484 e. The number of ether oxygens (including phenoxy) is 1. The molecule has 0 radical (unpaired) electrons. The van der Waals surface area contributed by atoms with E-state index in [-0.39, 0.29) is 5.60 Å². The van der Waals surface area contributed by atoms with Crippen molar-refractivity contribution in [3.8, 4) is 0 Å². The quantitative estimate of drug-likeness (QED) is 0.636. The number of hydrogen-bond acceptors (Lipinski definition) is 2. The molecule has 13 heavy (non-hydrogen) atoms. The van der Waals surface area contributed by atoms with E-state index in [9.17, 15) is 0 Å². The third kappa shape index (κ3) is 1.22. The Bertz CT molecular complexity index is 262. The van der Waals surface area contributed by atoms with Crippen molar-refractivity contribution in [3.05, 3.63) is 36.6 Å². The molecule has 0 atom stereocenters. The zero-order valence-electron chi connectivity index (χ0n) is 8.05. The van der Waals surface area contributed by atoms with E-state index in [2.05, 4.69) is 25.1 Å². The van der Waals surface area contributed by atoms with Gasteiger partial charge < -0.3 is 4.74 Å². The average Bonchev–Trinajstić information content (AvgIpc) is 2.43. The van der Waals surface area contributed by atoms with E-state index in [0.29, 0.717) is 0 Å². The molecule has 70 valence electrons. The van der Waals surface area contributed by atoms with Gasteiger partial charge in [0.05, 0.1) is 0 Å². The molecule has 0 bridgehead atoms. The lowest BCUT2D eigenvalue weighted by Crippen LogP contribution is -2.59. The number of likely N-dealkylation sites (N-methyl/N-ethyl adjacent to an activating group) is 1. The van der Waals surface area contributed by atoms with Crippen LogP contribution >= 0.6 is 0 Å². The summed E-state index contributed by atoms with van der Waals surface area (Å²) < 4.78 is 5.86. The van der Waals surface area contributed by atoms with Gasteiger partial charge in [0.1, 0.15) is 11.4 Å². The fourth-order valence-corrected chi connectivity index (χ4v) is 2.23. The van der Waals surface area contributed by atoms with E-state index in [1.54, 1.807) is 6.08 Å². The van der Waals surface area contributed by atoms with E-state index >= 15 is 0 Å². The van der Waals surface area contributed by atoms with Crippen LogP contribution in [0.3, 0.4) is 0 Å². The molecule has 2 heterocycles. The first kappa shape index (κ1) is 8.57. The van der Waals surface area contributed by atoms with Gasteiger partial charge in [-0.25, -0.2) is 0 Å². The van der Waals surface area contributed by atoms with Crippen LogP contribution in [-0.2, 0) is 4.74 Å². The van der Waals surface area contributed by atoms with Crippen molar-refractivity contribution in [3.63, 3.8) is 0 Å². The molecular formula is C11H15NO. The smallest absolute Gasteiger partial charge is 0.138 e. The van der Waals surface area contributed by atoms with E-state index in [0.717, 1.165) is 25.3 Å². The highest BCUT2D eigenvalue weighted by Gasteiger charge is 2.47. The van der Waals surface area contributed by atoms with Crippen molar-refractivity contribution in [2.45, 2.75) is 12.0 Å². The number of allylic oxidation sites excluding steroid dienone is 2. The summed E-state index contributed by atoms with van der Waals surface area (Å²) in [7, 11) is 2.11.